The molecular weight excluding hydrogens is 692 g/mol. The molecule has 0 N–H and O–H groups in total. The summed E-state index contributed by atoms with van der Waals surface area (Å²) < 4.78 is 39.7. The highest BCUT2D eigenvalue weighted by Gasteiger charge is 2.48. The van der Waals surface area contributed by atoms with E-state index in [9.17, 15) is 0 Å². The number of methoxy groups -OCH3 is 1. The first-order chi connectivity index (χ1) is 18.7. The van der Waals surface area contributed by atoms with Crippen LogP contribution in [-0.4, -0.2) is 74.0 Å². The Morgan fingerprint density at radius 3 is 1.74 bits per heavy atom. The lowest BCUT2D eigenvalue weighted by Crippen LogP contribution is -2.51. The lowest BCUT2D eigenvalue weighted by Gasteiger charge is -2.42. The molecule has 42 heavy (non-hydrogen) atoms. The molecule has 0 aliphatic carbocycles. The van der Waals surface area contributed by atoms with Gasteiger partial charge in [0.25, 0.3) is 6.48 Å². The monoisotopic (exact) mass is 756 g/mol. The van der Waals surface area contributed by atoms with Crippen LogP contribution in [0, 0.1) is 5.92 Å². The third-order valence-electron chi connectivity index (χ3n) is 9.98. The molecule has 1 rings (SSSR count). The Labute approximate surface area is 276 Å². The number of rotatable bonds is 14. The molecule has 0 bridgehead atoms. The van der Waals surface area contributed by atoms with E-state index in [2.05, 4.69) is 144 Å². The minimum atomic E-state index is -2.10. The Morgan fingerprint density at radius 1 is 0.833 bits per heavy atom. The van der Waals surface area contributed by atoms with Gasteiger partial charge in [0.1, 0.15) is 12.2 Å². The maximum absolute atomic E-state index is 7.01. The topological polar surface area (TPSA) is 55.4 Å². The van der Waals surface area contributed by atoms with Crippen LogP contribution in [0.15, 0.2) is 24.3 Å². The minimum Gasteiger partial charge on any atom is -0.414 e. The maximum Gasteiger partial charge on any atom is 0.272 e. The molecule has 0 amide bonds. The molecule has 6 atom stereocenters. The van der Waals surface area contributed by atoms with Gasteiger partial charge in [0.05, 0.1) is 18.8 Å². The molecule has 0 saturated carbocycles. The summed E-state index contributed by atoms with van der Waals surface area (Å²) >= 11 is 2.44. The van der Waals surface area contributed by atoms with Crippen molar-refractivity contribution in [2.75, 3.05) is 18.1 Å². The van der Waals surface area contributed by atoms with Crippen molar-refractivity contribution in [2.24, 2.45) is 5.92 Å². The fourth-order valence-corrected chi connectivity index (χ4v) is 7.85. The highest BCUT2D eigenvalue weighted by atomic mass is 127. The van der Waals surface area contributed by atoms with Crippen molar-refractivity contribution in [3.63, 3.8) is 0 Å². The second-order valence-corrected chi connectivity index (χ2v) is 31.8. The van der Waals surface area contributed by atoms with Crippen LogP contribution in [0.2, 0.25) is 54.4 Å². The van der Waals surface area contributed by atoms with Crippen molar-refractivity contribution < 1.29 is 27.5 Å². The number of alkyl halides is 1. The van der Waals surface area contributed by atoms with E-state index in [4.69, 9.17) is 27.5 Å². The third-order valence-corrected chi connectivity index (χ3v) is 24.8. The van der Waals surface area contributed by atoms with E-state index < -0.39 is 31.4 Å². The molecule has 0 aromatic heterocycles. The van der Waals surface area contributed by atoms with Gasteiger partial charge in [0.2, 0.25) is 0 Å². The molecule has 0 spiro atoms. The molecule has 0 radical (unpaired) electrons. The molecule has 10 heteroatoms. The normalized spacial score (nSPS) is 23.8. The van der Waals surface area contributed by atoms with Gasteiger partial charge < -0.3 is 27.5 Å². The molecule has 6 nitrogen and oxygen atoms in total. The van der Waals surface area contributed by atoms with Crippen LogP contribution in [0.4, 0.5) is 0 Å². The molecule has 248 valence electrons. The largest absolute Gasteiger partial charge is 0.414 e. The molecule has 0 aromatic rings. The summed E-state index contributed by atoms with van der Waals surface area (Å²) in [5.74, 6) is 0.274. The van der Waals surface area contributed by atoms with Gasteiger partial charge >= 0.3 is 0 Å². The minimum absolute atomic E-state index is 0.0648. The lowest BCUT2D eigenvalue weighted by molar-refractivity contribution is -0.231. The zero-order valence-electron chi connectivity index (χ0n) is 30.1. The second kappa shape index (κ2) is 15.0. The summed E-state index contributed by atoms with van der Waals surface area (Å²) in [6.07, 6.45) is 3.07. The van der Waals surface area contributed by atoms with Gasteiger partial charge in [-0.2, -0.15) is 0 Å². The van der Waals surface area contributed by atoms with E-state index >= 15 is 0 Å². The standard InChI is InChI=1S/C32H65IO6Si3/c1-23(26(38-41(15,16)31(6,7)8)22-35-40(13,14)30(3,4)5)19-20-25-28(37-29(34-12)36-25)27(24(2)21-33)39-42(17,18)32(9,10)11/h19-20,24-29H,1,21-22H2,2-18H3/b20-19+/t24-,25+,26-,27-,28+,29?/m1/s1. The van der Waals surface area contributed by atoms with Crippen molar-refractivity contribution in [1.29, 1.82) is 0 Å². The molecule has 1 unspecified atom stereocenters. The number of hydrogen-bond acceptors (Lipinski definition) is 6. The number of halogens is 1. The maximum atomic E-state index is 7.01. The summed E-state index contributed by atoms with van der Waals surface area (Å²) in [5.41, 5.74) is 0.880. The smallest absolute Gasteiger partial charge is 0.272 e. The Bertz CT molecular complexity index is 901. The first-order valence-corrected chi connectivity index (χ1v) is 25.7. The molecule has 1 fully saturated rings. The fraction of sp³-hybridized carbons (Fsp3) is 0.875. The molecule has 1 aliphatic heterocycles. The van der Waals surface area contributed by atoms with Crippen LogP contribution in [0.25, 0.3) is 0 Å². The third kappa shape index (κ3) is 10.9. The molecule has 1 saturated heterocycles. The number of ether oxygens (including phenoxy) is 3. The van der Waals surface area contributed by atoms with E-state index in [1.54, 1.807) is 7.11 Å². The van der Waals surface area contributed by atoms with Crippen molar-refractivity contribution in [2.45, 2.75) is 155 Å². The van der Waals surface area contributed by atoms with E-state index in [-0.39, 0.29) is 45.4 Å². The fourth-order valence-electron chi connectivity index (χ4n) is 3.66. The van der Waals surface area contributed by atoms with E-state index in [0.29, 0.717) is 6.61 Å². The summed E-state index contributed by atoms with van der Waals surface area (Å²) in [7, 11) is -4.55. The van der Waals surface area contributed by atoms with Crippen LogP contribution < -0.4 is 0 Å². The van der Waals surface area contributed by atoms with Crippen LogP contribution in [0.1, 0.15) is 69.2 Å². The quantitative estimate of drug-likeness (QED) is 0.0762. The van der Waals surface area contributed by atoms with Crippen LogP contribution >= 0.6 is 22.6 Å². The SMILES string of the molecule is C=C(/C=C/[C@@H]1OC(OC)O[C@@H]1[C@H](O[Si](C)(C)C(C)(C)C)[C@H](C)CI)[C@@H](CO[Si](C)(C)C(C)(C)C)O[Si](C)(C)C(C)(C)C. The average molecular weight is 757 g/mol. The van der Waals surface area contributed by atoms with Crippen molar-refractivity contribution in [3.05, 3.63) is 24.3 Å². The van der Waals surface area contributed by atoms with Gasteiger partial charge in [0, 0.05) is 11.5 Å². The van der Waals surface area contributed by atoms with Crippen molar-refractivity contribution in [1.82, 2.24) is 0 Å². The zero-order chi connectivity index (χ0) is 33.1. The molecule has 1 aliphatic rings. The predicted molar refractivity (Wildman–Crippen MR) is 194 cm³/mol. The molecule has 1 heterocycles. The predicted octanol–water partition coefficient (Wildman–Crippen LogP) is 9.69. The summed E-state index contributed by atoms with van der Waals surface area (Å²) in [4.78, 5) is 0. The van der Waals surface area contributed by atoms with Crippen molar-refractivity contribution in [3.8, 4) is 0 Å². The van der Waals surface area contributed by atoms with E-state index in [0.717, 1.165) is 10.0 Å². The highest BCUT2D eigenvalue weighted by molar-refractivity contribution is 14.1. The van der Waals surface area contributed by atoms with Crippen LogP contribution in [-0.2, 0) is 27.5 Å². The van der Waals surface area contributed by atoms with Crippen LogP contribution in [0.5, 0.6) is 0 Å². The van der Waals surface area contributed by atoms with E-state index in [1.165, 1.54) is 0 Å². The second-order valence-electron chi connectivity index (χ2n) is 16.6. The van der Waals surface area contributed by atoms with Crippen molar-refractivity contribution >= 4 is 47.5 Å². The van der Waals surface area contributed by atoms with Gasteiger partial charge in [0.15, 0.2) is 25.0 Å². The zero-order valence-corrected chi connectivity index (χ0v) is 35.2. The first-order valence-electron chi connectivity index (χ1n) is 15.5. The Morgan fingerprint density at radius 2 is 1.31 bits per heavy atom. The summed E-state index contributed by atoms with van der Waals surface area (Å²) in [6.45, 7) is 40.6. The summed E-state index contributed by atoms with van der Waals surface area (Å²) in [5, 5.41) is 0.251. The molecule has 0 aromatic carbocycles. The Balaban J connectivity index is 3.38. The van der Waals surface area contributed by atoms with Gasteiger partial charge in [-0.05, 0) is 65.9 Å². The van der Waals surface area contributed by atoms with Gasteiger partial charge in [-0.3, -0.25) is 0 Å². The number of hydrogen-bond donors (Lipinski definition) is 0. The van der Waals surface area contributed by atoms with Gasteiger partial charge in [-0.1, -0.05) is 111 Å². The van der Waals surface area contributed by atoms with Gasteiger partial charge in [-0.25, -0.2) is 0 Å². The Kier molecular flexibility index (Phi) is 14.5. The molecular formula is C32H65IO6Si3. The highest BCUT2D eigenvalue weighted by Crippen LogP contribution is 2.42. The van der Waals surface area contributed by atoms with E-state index in [1.807, 2.05) is 6.08 Å². The lowest BCUT2D eigenvalue weighted by atomic mass is 9.97. The van der Waals surface area contributed by atoms with Gasteiger partial charge in [-0.15, -0.1) is 0 Å². The Hall–Kier alpha value is 0.621. The first kappa shape index (κ1) is 40.6. The summed E-state index contributed by atoms with van der Waals surface area (Å²) in [6, 6.07) is 0. The van der Waals surface area contributed by atoms with Crippen LogP contribution in [0.3, 0.4) is 0 Å². The average Bonchev–Trinajstić information content (AvgIpc) is 3.24.